The van der Waals surface area contributed by atoms with Crippen molar-refractivity contribution in [2.24, 2.45) is 11.7 Å². The molecule has 0 radical (unpaired) electrons. The summed E-state index contributed by atoms with van der Waals surface area (Å²) in [7, 11) is 0. The predicted octanol–water partition coefficient (Wildman–Crippen LogP) is 0.911. The Kier molecular flexibility index (Phi) is 5.14. The first-order chi connectivity index (χ1) is 10.5. The number of carbonyl (C=O) groups is 3. The largest absolute Gasteiger partial charge is 0.369 e. The van der Waals surface area contributed by atoms with Gasteiger partial charge in [-0.2, -0.15) is 0 Å². The molecule has 3 N–H and O–H groups in total. The van der Waals surface area contributed by atoms with Gasteiger partial charge in [0.2, 0.25) is 5.91 Å². The Hall–Kier alpha value is -2.37. The van der Waals surface area contributed by atoms with Crippen LogP contribution in [0.25, 0.3) is 0 Å². The number of anilines is 1. The normalized spacial score (nSPS) is 15.4. The molecule has 1 fully saturated rings. The molecule has 2 rings (SSSR count). The average Bonchev–Trinajstić information content (AvgIpc) is 2.54. The molecule has 6 heteroatoms. The van der Waals surface area contributed by atoms with Crippen LogP contribution in [0.5, 0.6) is 0 Å². The molecule has 3 amide bonds. The topological polar surface area (TPSA) is 92.5 Å². The molecular weight excluding hydrogens is 282 g/mol. The van der Waals surface area contributed by atoms with Gasteiger partial charge in [-0.1, -0.05) is 25.1 Å². The van der Waals surface area contributed by atoms with Crippen LogP contribution in [0.2, 0.25) is 0 Å². The molecular formula is C16H21N3O3. The second kappa shape index (κ2) is 7.06. The highest BCUT2D eigenvalue weighted by Gasteiger charge is 2.29. The van der Waals surface area contributed by atoms with Gasteiger partial charge in [-0.3, -0.25) is 14.4 Å². The van der Waals surface area contributed by atoms with Crippen LogP contribution in [0.4, 0.5) is 5.69 Å². The molecule has 0 aromatic heterocycles. The van der Waals surface area contributed by atoms with Crippen molar-refractivity contribution in [3.05, 3.63) is 29.8 Å². The van der Waals surface area contributed by atoms with Gasteiger partial charge in [0.1, 0.15) is 0 Å². The van der Waals surface area contributed by atoms with E-state index in [1.807, 2.05) is 25.1 Å². The summed E-state index contributed by atoms with van der Waals surface area (Å²) in [6.45, 7) is 2.76. The molecule has 6 nitrogen and oxygen atoms in total. The Balaban J connectivity index is 1.96. The lowest BCUT2D eigenvalue weighted by atomic mass is 9.96. The third kappa shape index (κ3) is 3.63. The Morgan fingerprint density at radius 2 is 1.86 bits per heavy atom. The van der Waals surface area contributed by atoms with E-state index in [1.165, 1.54) is 4.90 Å². The van der Waals surface area contributed by atoms with Crippen LogP contribution < -0.4 is 11.1 Å². The summed E-state index contributed by atoms with van der Waals surface area (Å²) in [5, 5.41) is 2.67. The number of nitrogens with one attached hydrogen (secondary N) is 1. The van der Waals surface area contributed by atoms with Crippen LogP contribution in [-0.2, 0) is 20.8 Å². The predicted molar refractivity (Wildman–Crippen MR) is 82.9 cm³/mol. The summed E-state index contributed by atoms with van der Waals surface area (Å²) in [4.78, 5) is 36.9. The van der Waals surface area contributed by atoms with Crippen molar-refractivity contribution in [1.29, 1.82) is 0 Å². The first-order valence-electron chi connectivity index (χ1n) is 7.50. The summed E-state index contributed by atoms with van der Waals surface area (Å²) in [6.07, 6.45) is 1.80. The highest BCUT2D eigenvalue weighted by atomic mass is 16.2. The first-order valence-corrected chi connectivity index (χ1v) is 7.50. The van der Waals surface area contributed by atoms with Gasteiger partial charge in [-0.15, -0.1) is 0 Å². The van der Waals surface area contributed by atoms with E-state index in [0.29, 0.717) is 31.6 Å². The number of carbonyl (C=O) groups excluding carboxylic acids is 3. The number of nitrogens with zero attached hydrogens (tertiary/aromatic N) is 1. The molecule has 0 unspecified atom stereocenters. The minimum atomic E-state index is -0.640. The van der Waals surface area contributed by atoms with Gasteiger partial charge < -0.3 is 16.0 Å². The van der Waals surface area contributed by atoms with E-state index in [2.05, 4.69) is 5.32 Å². The Bertz CT molecular complexity index is 578. The number of rotatable bonds is 3. The highest BCUT2D eigenvalue weighted by Crippen LogP contribution is 2.18. The van der Waals surface area contributed by atoms with Crippen LogP contribution in [0.1, 0.15) is 25.3 Å². The maximum absolute atomic E-state index is 12.2. The monoisotopic (exact) mass is 303 g/mol. The molecule has 0 aliphatic carbocycles. The summed E-state index contributed by atoms with van der Waals surface area (Å²) in [5.41, 5.74) is 6.91. The van der Waals surface area contributed by atoms with Crippen LogP contribution in [-0.4, -0.2) is 35.7 Å². The lowest BCUT2D eigenvalue weighted by Gasteiger charge is -2.30. The zero-order valence-corrected chi connectivity index (χ0v) is 12.7. The number of aryl methyl sites for hydroxylation is 1. The third-order valence-electron chi connectivity index (χ3n) is 4.03. The molecule has 0 saturated carbocycles. The molecule has 0 spiro atoms. The van der Waals surface area contributed by atoms with Gasteiger partial charge >= 0.3 is 11.8 Å². The second-order valence-corrected chi connectivity index (χ2v) is 5.43. The molecule has 1 aliphatic rings. The van der Waals surface area contributed by atoms with Crippen LogP contribution in [0.15, 0.2) is 24.3 Å². The Morgan fingerprint density at radius 3 is 2.45 bits per heavy atom. The summed E-state index contributed by atoms with van der Waals surface area (Å²) >= 11 is 0. The van der Waals surface area contributed by atoms with E-state index in [-0.39, 0.29) is 11.8 Å². The molecule has 22 heavy (non-hydrogen) atoms. The molecule has 1 aromatic carbocycles. The van der Waals surface area contributed by atoms with E-state index in [9.17, 15) is 14.4 Å². The lowest BCUT2D eigenvalue weighted by molar-refractivity contribution is -0.144. The average molecular weight is 303 g/mol. The minimum Gasteiger partial charge on any atom is -0.369 e. The van der Waals surface area contributed by atoms with Gasteiger partial charge in [-0.25, -0.2) is 0 Å². The number of amides is 3. The number of para-hydroxylation sites is 1. The Morgan fingerprint density at radius 1 is 1.23 bits per heavy atom. The second-order valence-electron chi connectivity index (χ2n) is 5.43. The fourth-order valence-corrected chi connectivity index (χ4v) is 2.64. The van der Waals surface area contributed by atoms with E-state index in [1.54, 1.807) is 6.07 Å². The molecule has 1 aliphatic heterocycles. The van der Waals surface area contributed by atoms with Crippen LogP contribution >= 0.6 is 0 Å². The molecule has 0 bridgehead atoms. The van der Waals surface area contributed by atoms with E-state index in [4.69, 9.17) is 5.73 Å². The molecule has 118 valence electrons. The smallest absolute Gasteiger partial charge is 0.313 e. The number of nitrogens with two attached hydrogens (primary N) is 1. The maximum Gasteiger partial charge on any atom is 0.313 e. The SMILES string of the molecule is CCc1ccccc1NC(=O)C(=O)N1CCC(C(N)=O)CC1. The van der Waals surface area contributed by atoms with Crippen molar-refractivity contribution in [2.45, 2.75) is 26.2 Å². The number of likely N-dealkylation sites (tertiary alicyclic amines) is 1. The van der Waals surface area contributed by atoms with Crippen LogP contribution in [0, 0.1) is 5.92 Å². The number of piperidine rings is 1. The minimum absolute atomic E-state index is 0.201. The number of hydrogen-bond donors (Lipinski definition) is 2. The first kappa shape index (κ1) is 16.0. The van der Waals surface area contributed by atoms with Gasteiger partial charge in [0.05, 0.1) is 0 Å². The number of benzene rings is 1. The zero-order chi connectivity index (χ0) is 16.1. The fraction of sp³-hybridized carbons (Fsp3) is 0.438. The standard InChI is InChI=1S/C16H21N3O3/c1-2-11-5-3-4-6-13(11)18-15(21)16(22)19-9-7-12(8-10-19)14(17)20/h3-6,12H,2,7-10H2,1H3,(H2,17,20)(H,18,21). The molecule has 1 saturated heterocycles. The van der Waals surface area contributed by atoms with Gasteiger partial charge in [-0.05, 0) is 30.9 Å². The van der Waals surface area contributed by atoms with Gasteiger partial charge in [0.15, 0.2) is 0 Å². The highest BCUT2D eigenvalue weighted by molar-refractivity contribution is 6.39. The molecule has 1 aromatic rings. The summed E-state index contributed by atoms with van der Waals surface area (Å²) in [5.74, 6) is -1.74. The fourth-order valence-electron chi connectivity index (χ4n) is 2.64. The van der Waals surface area contributed by atoms with Crippen molar-refractivity contribution in [3.8, 4) is 0 Å². The third-order valence-corrected chi connectivity index (χ3v) is 4.03. The van der Waals surface area contributed by atoms with Crippen molar-refractivity contribution in [3.63, 3.8) is 0 Å². The Labute approximate surface area is 129 Å². The quantitative estimate of drug-likeness (QED) is 0.813. The number of primary amides is 1. The van der Waals surface area contributed by atoms with Crippen molar-refractivity contribution < 1.29 is 14.4 Å². The van der Waals surface area contributed by atoms with E-state index < -0.39 is 11.8 Å². The zero-order valence-electron chi connectivity index (χ0n) is 12.7. The van der Waals surface area contributed by atoms with Crippen molar-refractivity contribution in [1.82, 2.24) is 4.90 Å². The maximum atomic E-state index is 12.2. The van der Waals surface area contributed by atoms with Crippen LogP contribution in [0.3, 0.4) is 0 Å². The summed E-state index contributed by atoms with van der Waals surface area (Å²) in [6, 6.07) is 7.41. The lowest BCUT2D eigenvalue weighted by Crippen LogP contribution is -2.46. The van der Waals surface area contributed by atoms with Gasteiger partial charge in [0, 0.05) is 24.7 Å². The summed E-state index contributed by atoms with van der Waals surface area (Å²) < 4.78 is 0. The molecule has 1 heterocycles. The van der Waals surface area contributed by atoms with Crippen molar-refractivity contribution in [2.75, 3.05) is 18.4 Å². The number of hydrogen-bond acceptors (Lipinski definition) is 3. The van der Waals surface area contributed by atoms with E-state index in [0.717, 1.165) is 12.0 Å². The van der Waals surface area contributed by atoms with Crippen molar-refractivity contribution >= 4 is 23.4 Å². The van der Waals surface area contributed by atoms with Gasteiger partial charge in [0.25, 0.3) is 0 Å². The van der Waals surface area contributed by atoms with E-state index >= 15 is 0 Å². The molecule has 0 atom stereocenters.